The van der Waals surface area contributed by atoms with E-state index < -0.39 is 12.2 Å². The Bertz CT molecular complexity index is 1100. The molecule has 0 aromatic heterocycles. The molecule has 0 radical (unpaired) electrons. The molecule has 1 atom stereocenters. The largest absolute Gasteiger partial charge is 0.491 e. The topological polar surface area (TPSA) is 123 Å². The maximum atomic E-state index is 12.5. The van der Waals surface area contributed by atoms with Crippen molar-refractivity contribution in [3.05, 3.63) is 96.6 Å². The van der Waals surface area contributed by atoms with Crippen LogP contribution < -0.4 is 21.1 Å². The van der Waals surface area contributed by atoms with Crippen molar-refractivity contribution < 1.29 is 24.2 Å². The number of aliphatic hydroxyl groups is 1. The van der Waals surface area contributed by atoms with Crippen LogP contribution in [0.1, 0.15) is 18.1 Å². The second kappa shape index (κ2) is 12.7. The molecule has 0 aliphatic carbocycles. The van der Waals surface area contributed by atoms with Gasteiger partial charge in [0.2, 0.25) is 5.91 Å². The van der Waals surface area contributed by atoms with Gasteiger partial charge in [-0.1, -0.05) is 48.5 Å². The molecule has 0 saturated heterocycles. The molecule has 8 nitrogen and oxygen atoms in total. The molecule has 3 rings (SSSR count). The van der Waals surface area contributed by atoms with Gasteiger partial charge in [-0.25, -0.2) is 4.79 Å². The van der Waals surface area contributed by atoms with Gasteiger partial charge in [-0.15, -0.1) is 0 Å². The summed E-state index contributed by atoms with van der Waals surface area (Å²) in [6, 6.07) is 22.9. The van der Waals surface area contributed by atoms with Crippen LogP contribution in [-0.2, 0) is 9.53 Å². The number of ether oxygens (including phenoxy) is 2. The third-order valence-electron chi connectivity index (χ3n) is 4.72. The van der Waals surface area contributed by atoms with Crippen LogP contribution >= 0.6 is 0 Å². The first-order valence-corrected chi connectivity index (χ1v) is 10.7. The molecule has 34 heavy (non-hydrogen) atoms. The summed E-state index contributed by atoms with van der Waals surface area (Å²) >= 11 is 0. The van der Waals surface area contributed by atoms with E-state index in [0.717, 1.165) is 5.56 Å². The monoisotopic (exact) mass is 461 g/mol. The number of hydrogen-bond acceptors (Lipinski definition) is 6. The first-order valence-electron chi connectivity index (χ1n) is 10.7. The molecular weight excluding hydrogens is 434 g/mol. The second-order valence-electron chi connectivity index (χ2n) is 7.24. The number of nitrogen functional groups attached to an aromatic ring is 1. The van der Waals surface area contributed by atoms with Crippen molar-refractivity contribution in [2.75, 3.05) is 29.6 Å². The summed E-state index contributed by atoms with van der Waals surface area (Å²) < 4.78 is 11.0. The standard InChI is InChI=1S/C26H27N3O5/c27-22-9-4-5-10-23(22)29-25(31)12-6-11-24(19-13-15-21(16-14-19)33-18-17-30)34-26(32)28-20-7-2-1-3-8-20/h1-10,12-16,24,30H,11,17-18,27H2,(H,28,32)(H,29,31)/b12-6+/t24-/m1/s1. The van der Waals surface area contributed by atoms with Crippen molar-refractivity contribution in [2.24, 2.45) is 0 Å². The molecule has 0 aliphatic rings. The summed E-state index contributed by atoms with van der Waals surface area (Å²) in [7, 11) is 0. The quantitative estimate of drug-likeness (QED) is 0.260. The van der Waals surface area contributed by atoms with Gasteiger partial charge >= 0.3 is 6.09 Å². The fraction of sp³-hybridized carbons (Fsp3) is 0.154. The number of hydrogen-bond donors (Lipinski definition) is 4. The summed E-state index contributed by atoms with van der Waals surface area (Å²) in [5.41, 5.74) is 8.16. The van der Waals surface area contributed by atoms with Gasteiger partial charge in [-0.2, -0.15) is 0 Å². The fourth-order valence-electron chi connectivity index (χ4n) is 3.08. The van der Waals surface area contributed by atoms with E-state index in [1.807, 2.05) is 6.07 Å². The third kappa shape index (κ3) is 7.68. The highest BCUT2D eigenvalue weighted by atomic mass is 16.6. The lowest BCUT2D eigenvalue weighted by molar-refractivity contribution is -0.111. The van der Waals surface area contributed by atoms with Crippen molar-refractivity contribution >= 4 is 29.1 Å². The fourth-order valence-corrected chi connectivity index (χ4v) is 3.08. The maximum absolute atomic E-state index is 12.5. The number of rotatable bonds is 10. The highest BCUT2D eigenvalue weighted by Gasteiger charge is 2.16. The average Bonchev–Trinajstić information content (AvgIpc) is 2.84. The third-order valence-corrected chi connectivity index (χ3v) is 4.72. The van der Waals surface area contributed by atoms with Crippen LogP contribution in [0.15, 0.2) is 91.0 Å². The Hall–Kier alpha value is -4.30. The SMILES string of the molecule is Nc1ccccc1NC(=O)/C=C/C[C@@H](OC(=O)Nc1ccccc1)c1ccc(OCCO)cc1. The number of amides is 2. The first-order chi connectivity index (χ1) is 16.5. The van der Waals surface area contributed by atoms with Gasteiger partial charge < -0.3 is 25.6 Å². The van der Waals surface area contributed by atoms with Crippen LogP contribution in [0.25, 0.3) is 0 Å². The number of para-hydroxylation sites is 3. The van der Waals surface area contributed by atoms with E-state index in [4.69, 9.17) is 20.3 Å². The Morgan fingerprint density at radius 2 is 1.65 bits per heavy atom. The van der Waals surface area contributed by atoms with Gasteiger partial charge in [-0.3, -0.25) is 10.1 Å². The lowest BCUT2D eigenvalue weighted by atomic mass is 10.1. The molecule has 176 valence electrons. The normalized spacial score (nSPS) is 11.6. The highest BCUT2D eigenvalue weighted by Crippen LogP contribution is 2.25. The molecule has 0 unspecified atom stereocenters. The van der Waals surface area contributed by atoms with Gasteiger partial charge in [0.1, 0.15) is 18.5 Å². The lowest BCUT2D eigenvalue weighted by Gasteiger charge is -2.18. The van der Waals surface area contributed by atoms with Crippen LogP contribution in [0.2, 0.25) is 0 Å². The molecule has 0 fully saturated rings. The van der Waals surface area contributed by atoms with E-state index in [-0.39, 0.29) is 25.5 Å². The first kappa shape index (κ1) is 24.3. The van der Waals surface area contributed by atoms with E-state index in [1.165, 1.54) is 6.08 Å². The number of nitrogens with one attached hydrogen (secondary N) is 2. The molecule has 0 spiro atoms. The zero-order valence-electron chi connectivity index (χ0n) is 18.5. The summed E-state index contributed by atoms with van der Waals surface area (Å²) in [6.45, 7) is 0.0944. The number of carbonyl (C=O) groups is 2. The molecule has 8 heteroatoms. The van der Waals surface area contributed by atoms with Crippen LogP contribution in [0.3, 0.4) is 0 Å². The number of nitrogens with two attached hydrogens (primary N) is 1. The predicted molar refractivity (Wildman–Crippen MR) is 132 cm³/mol. The van der Waals surface area contributed by atoms with Crippen molar-refractivity contribution in [3.8, 4) is 5.75 Å². The summed E-state index contributed by atoms with van der Waals surface area (Å²) in [5, 5.41) is 14.3. The van der Waals surface area contributed by atoms with Crippen molar-refractivity contribution in [2.45, 2.75) is 12.5 Å². The molecule has 2 amide bonds. The lowest BCUT2D eigenvalue weighted by Crippen LogP contribution is -2.17. The van der Waals surface area contributed by atoms with Crippen LogP contribution in [0.5, 0.6) is 5.75 Å². The summed E-state index contributed by atoms with van der Waals surface area (Å²) in [5.74, 6) is 0.235. The smallest absolute Gasteiger partial charge is 0.412 e. The minimum atomic E-state index is -0.651. The predicted octanol–water partition coefficient (Wildman–Crippen LogP) is 4.51. The Balaban J connectivity index is 1.67. The molecule has 0 heterocycles. The van der Waals surface area contributed by atoms with E-state index in [0.29, 0.717) is 22.8 Å². The van der Waals surface area contributed by atoms with Gasteiger partial charge in [-0.05, 0) is 48.0 Å². The Kier molecular flexibility index (Phi) is 9.07. The Morgan fingerprint density at radius 1 is 0.941 bits per heavy atom. The molecule has 3 aromatic carbocycles. The van der Waals surface area contributed by atoms with Crippen LogP contribution in [-0.4, -0.2) is 30.3 Å². The zero-order valence-corrected chi connectivity index (χ0v) is 18.5. The van der Waals surface area contributed by atoms with Gasteiger partial charge in [0.25, 0.3) is 0 Å². The van der Waals surface area contributed by atoms with Gasteiger partial charge in [0.15, 0.2) is 0 Å². The Morgan fingerprint density at radius 3 is 2.35 bits per heavy atom. The van der Waals surface area contributed by atoms with Crippen molar-refractivity contribution in [1.29, 1.82) is 0 Å². The number of carbonyl (C=O) groups excluding carboxylic acids is 2. The minimum Gasteiger partial charge on any atom is -0.491 e. The minimum absolute atomic E-state index is 0.0887. The van der Waals surface area contributed by atoms with Crippen LogP contribution in [0.4, 0.5) is 21.9 Å². The maximum Gasteiger partial charge on any atom is 0.412 e. The van der Waals surface area contributed by atoms with E-state index in [2.05, 4.69) is 10.6 Å². The van der Waals surface area contributed by atoms with E-state index in [1.54, 1.807) is 78.9 Å². The molecule has 5 N–H and O–H groups in total. The molecular formula is C26H27N3O5. The van der Waals surface area contributed by atoms with Crippen LogP contribution in [0, 0.1) is 0 Å². The summed E-state index contributed by atoms with van der Waals surface area (Å²) in [6.07, 6.45) is 1.99. The number of benzene rings is 3. The highest BCUT2D eigenvalue weighted by molar-refractivity contribution is 6.01. The molecule has 0 bridgehead atoms. The molecule has 0 saturated carbocycles. The molecule has 3 aromatic rings. The van der Waals surface area contributed by atoms with Gasteiger partial charge in [0, 0.05) is 12.1 Å². The van der Waals surface area contributed by atoms with E-state index >= 15 is 0 Å². The second-order valence-corrected chi connectivity index (χ2v) is 7.24. The van der Waals surface area contributed by atoms with Crippen molar-refractivity contribution in [1.82, 2.24) is 0 Å². The van der Waals surface area contributed by atoms with Gasteiger partial charge in [0.05, 0.1) is 18.0 Å². The van der Waals surface area contributed by atoms with E-state index in [9.17, 15) is 9.59 Å². The number of anilines is 3. The zero-order chi connectivity index (χ0) is 24.2. The molecule has 0 aliphatic heterocycles. The summed E-state index contributed by atoms with van der Waals surface area (Å²) in [4.78, 5) is 24.8. The Labute approximate surface area is 198 Å². The number of aliphatic hydroxyl groups excluding tert-OH is 1. The van der Waals surface area contributed by atoms with Crippen molar-refractivity contribution in [3.63, 3.8) is 0 Å². The average molecular weight is 462 g/mol.